The number of hydrogen-bond acceptors (Lipinski definition) is 2. The van der Waals surface area contributed by atoms with Gasteiger partial charge in [-0.3, -0.25) is 0 Å². The molecule has 0 spiro atoms. The molecule has 2 heteroatoms. The normalized spacial score (nSPS) is 12.2. The van der Waals surface area contributed by atoms with Crippen LogP contribution in [0.5, 0.6) is 0 Å². The molecule has 0 fully saturated rings. The first kappa shape index (κ1) is 18.5. The Balaban J connectivity index is 3.30. The molecule has 0 bridgehead atoms. The Morgan fingerprint density at radius 3 is 1.77 bits per heavy atom. The average molecular weight is 302 g/mol. The van der Waals surface area contributed by atoms with E-state index in [1.807, 2.05) is 0 Å². The van der Waals surface area contributed by atoms with Crippen molar-refractivity contribution in [2.75, 3.05) is 0 Å². The Hall–Kier alpha value is -1.57. The van der Waals surface area contributed by atoms with E-state index in [9.17, 15) is 4.79 Å². The van der Waals surface area contributed by atoms with Crippen molar-refractivity contribution >= 4 is 5.97 Å². The quantitative estimate of drug-likeness (QED) is 0.566. The summed E-state index contributed by atoms with van der Waals surface area (Å²) in [7, 11) is 0. The lowest BCUT2D eigenvalue weighted by Gasteiger charge is -2.29. The summed E-state index contributed by atoms with van der Waals surface area (Å²) in [5.74, 6) is -0.338. The van der Waals surface area contributed by atoms with Crippen LogP contribution in [0.1, 0.15) is 70.7 Å². The highest BCUT2D eigenvalue weighted by atomic mass is 16.5. The Kier molecular flexibility index (Phi) is 5.27. The van der Waals surface area contributed by atoms with Gasteiger partial charge in [0.2, 0.25) is 0 Å². The van der Waals surface area contributed by atoms with E-state index in [2.05, 4.69) is 67.2 Å². The van der Waals surface area contributed by atoms with Crippen LogP contribution in [0.2, 0.25) is 0 Å². The summed E-state index contributed by atoms with van der Waals surface area (Å²) in [5, 5.41) is 0. The molecule has 0 radical (unpaired) electrons. The van der Waals surface area contributed by atoms with Gasteiger partial charge in [0.15, 0.2) is 0 Å². The van der Waals surface area contributed by atoms with Gasteiger partial charge in [-0.1, -0.05) is 60.3 Å². The molecule has 0 aliphatic heterocycles. The first-order valence-electron chi connectivity index (χ1n) is 7.81. The smallest absolute Gasteiger partial charge is 0.333 e. The molecule has 0 saturated heterocycles. The summed E-state index contributed by atoms with van der Waals surface area (Å²) in [6.45, 7) is 21.0. The van der Waals surface area contributed by atoms with Crippen LogP contribution >= 0.6 is 0 Å². The maximum absolute atomic E-state index is 11.6. The van der Waals surface area contributed by atoms with Gasteiger partial charge in [-0.15, -0.1) is 0 Å². The number of benzene rings is 1. The van der Waals surface area contributed by atoms with Crippen LogP contribution in [0.25, 0.3) is 0 Å². The van der Waals surface area contributed by atoms with Crippen LogP contribution in [-0.4, -0.2) is 5.97 Å². The van der Waals surface area contributed by atoms with Crippen LogP contribution in [-0.2, 0) is 27.0 Å². The van der Waals surface area contributed by atoms with Crippen LogP contribution in [0.3, 0.4) is 0 Å². The molecule has 0 heterocycles. The maximum atomic E-state index is 11.6. The summed E-state index contributed by atoms with van der Waals surface area (Å²) >= 11 is 0. The summed E-state index contributed by atoms with van der Waals surface area (Å²) in [5.41, 5.74) is 5.52. The standard InChI is InChI=1S/C20H30O2/c1-13(2)18(21)22-12-15-10-16(19(4,5)6)14(3)17(11-15)20(7,8)9/h10-11H,1,12H2,2-9H3. The zero-order chi connectivity index (χ0) is 17.3. The number of esters is 1. The van der Waals surface area contributed by atoms with Gasteiger partial charge in [0, 0.05) is 5.57 Å². The largest absolute Gasteiger partial charge is 0.457 e. The number of carbonyl (C=O) groups is 1. The van der Waals surface area contributed by atoms with Gasteiger partial charge in [0.25, 0.3) is 0 Å². The highest BCUT2D eigenvalue weighted by Gasteiger charge is 2.24. The van der Waals surface area contributed by atoms with Crippen molar-refractivity contribution in [2.45, 2.75) is 72.8 Å². The lowest BCUT2D eigenvalue weighted by atomic mass is 9.76. The summed E-state index contributed by atoms with van der Waals surface area (Å²) in [6.07, 6.45) is 0. The lowest BCUT2D eigenvalue weighted by Crippen LogP contribution is -2.20. The zero-order valence-corrected chi connectivity index (χ0v) is 15.4. The Labute approximate surface area is 135 Å². The Bertz CT molecular complexity index is 546. The van der Waals surface area contributed by atoms with Crippen LogP contribution in [0.4, 0.5) is 0 Å². The summed E-state index contributed by atoms with van der Waals surface area (Å²) in [6, 6.07) is 4.33. The second kappa shape index (κ2) is 6.28. The molecule has 122 valence electrons. The van der Waals surface area contributed by atoms with E-state index >= 15 is 0 Å². The molecule has 0 aliphatic carbocycles. The maximum Gasteiger partial charge on any atom is 0.333 e. The highest BCUT2D eigenvalue weighted by molar-refractivity contribution is 5.86. The summed E-state index contributed by atoms with van der Waals surface area (Å²) < 4.78 is 5.33. The molecule has 0 unspecified atom stereocenters. The molecule has 22 heavy (non-hydrogen) atoms. The van der Waals surface area contributed by atoms with Crippen LogP contribution < -0.4 is 0 Å². The molecular weight excluding hydrogens is 272 g/mol. The number of carbonyl (C=O) groups excluding carboxylic acids is 1. The van der Waals surface area contributed by atoms with E-state index in [1.54, 1.807) is 6.92 Å². The summed E-state index contributed by atoms with van der Waals surface area (Å²) in [4.78, 5) is 11.6. The van der Waals surface area contributed by atoms with Crippen molar-refractivity contribution in [2.24, 2.45) is 0 Å². The van der Waals surface area contributed by atoms with E-state index < -0.39 is 0 Å². The molecule has 2 nitrogen and oxygen atoms in total. The topological polar surface area (TPSA) is 26.3 Å². The van der Waals surface area contributed by atoms with Gasteiger partial charge in [-0.05, 0) is 46.9 Å². The van der Waals surface area contributed by atoms with Gasteiger partial charge < -0.3 is 4.74 Å². The van der Waals surface area contributed by atoms with Crippen molar-refractivity contribution in [1.82, 2.24) is 0 Å². The first-order chi connectivity index (χ1) is 9.84. The zero-order valence-electron chi connectivity index (χ0n) is 15.4. The van der Waals surface area contributed by atoms with Gasteiger partial charge >= 0.3 is 5.97 Å². The molecule has 0 aromatic heterocycles. The Morgan fingerprint density at radius 1 is 1.05 bits per heavy atom. The SMILES string of the molecule is C=C(C)C(=O)OCc1cc(C(C)(C)C)c(C)c(C(C)(C)C)c1. The van der Waals surface area contributed by atoms with E-state index in [0.717, 1.165) is 5.56 Å². The third kappa shape index (κ3) is 4.46. The van der Waals surface area contributed by atoms with Gasteiger partial charge in [-0.2, -0.15) is 0 Å². The van der Waals surface area contributed by atoms with E-state index in [0.29, 0.717) is 5.57 Å². The lowest BCUT2D eigenvalue weighted by molar-refractivity contribution is -0.140. The highest BCUT2D eigenvalue weighted by Crippen LogP contribution is 2.34. The first-order valence-corrected chi connectivity index (χ1v) is 7.81. The Morgan fingerprint density at radius 2 is 1.45 bits per heavy atom. The van der Waals surface area contributed by atoms with E-state index in [1.165, 1.54) is 16.7 Å². The van der Waals surface area contributed by atoms with Crippen molar-refractivity contribution in [3.8, 4) is 0 Å². The van der Waals surface area contributed by atoms with Crippen LogP contribution in [0.15, 0.2) is 24.3 Å². The fourth-order valence-corrected chi connectivity index (χ4v) is 2.69. The minimum atomic E-state index is -0.338. The van der Waals surface area contributed by atoms with E-state index in [4.69, 9.17) is 4.74 Å². The van der Waals surface area contributed by atoms with Crippen molar-refractivity contribution in [1.29, 1.82) is 0 Å². The van der Waals surface area contributed by atoms with Crippen molar-refractivity contribution < 1.29 is 9.53 Å². The fourth-order valence-electron chi connectivity index (χ4n) is 2.69. The number of rotatable bonds is 3. The molecule has 0 amide bonds. The molecule has 1 rings (SSSR count). The van der Waals surface area contributed by atoms with Gasteiger partial charge in [0.05, 0.1) is 0 Å². The predicted molar refractivity (Wildman–Crippen MR) is 93.2 cm³/mol. The van der Waals surface area contributed by atoms with Gasteiger partial charge in [0.1, 0.15) is 6.61 Å². The second-order valence-corrected chi connectivity index (χ2v) is 8.17. The molecule has 0 aliphatic rings. The van der Waals surface area contributed by atoms with Gasteiger partial charge in [-0.25, -0.2) is 4.79 Å². The second-order valence-electron chi connectivity index (χ2n) is 8.17. The van der Waals surface area contributed by atoms with Crippen LogP contribution in [0, 0.1) is 6.92 Å². The minimum Gasteiger partial charge on any atom is -0.457 e. The monoisotopic (exact) mass is 302 g/mol. The molecule has 1 aromatic rings. The molecular formula is C20H30O2. The number of hydrogen-bond donors (Lipinski definition) is 0. The fraction of sp³-hybridized carbons (Fsp3) is 0.550. The predicted octanol–water partition coefficient (Wildman–Crippen LogP) is 5.21. The molecule has 1 aromatic carbocycles. The van der Waals surface area contributed by atoms with E-state index in [-0.39, 0.29) is 23.4 Å². The molecule has 0 saturated carbocycles. The number of ether oxygens (including phenoxy) is 1. The third-order valence-electron chi connectivity index (χ3n) is 3.80. The van der Waals surface area contributed by atoms with Crippen molar-refractivity contribution in [3.63, 3.8) is 0 Å². The molecule has 0 N–H and O–H groups in total. The van der Waals surface area contributed by atoms with Crippen molar-refractivity contribution in [3.05, 3.63) is 46.5 Å². The minimum absolute atomic E-state index is 0.0540. The third-order valence-corrected chi connectivity index (χ3v) is 3.80. The average Bonchev–Trinajstić information content (AvgIpc) is 2.33. The molecule has 0 atom stereocenters.